The van der Waals surface area contributed by atoms with E-state index in [1.165, 1.54) is 30.0 Å². The number of alkyl halides is 3. The SMILES string of the molecule is Cc1cc(=O)c(C(=O)N2CC[C@@H](N)C2)nn1-c1ccccc1C(F)(F)F. The maximum Gasteiger partial charge on any atom is 0.418 e. The van der Waals surface area contributed by atoms with Crippen LogP contribution in [0.15, 0.2) is 35.1 Å². The maximum absolute atomic E-state index is 13.3. The molecule has 2 aromatic rings. The molecule has 1 saturated heterocycles. The monoisotopic (exact) mass is 366 g/mol. The zero-order valence-corrected chi connectivity index (χ0v) is 14.0. The molecular formula is C17H17F3N4O2. The maximum atomic E-state index is 13.3. The second-order valence-electron chi connectivity index (χ2n) is 6.23. The van der Waals surface area contributed by atoms with Crippen molar-refractivity contribution in [3.63, 3.8) is 0 Å². The number of aryl methyl sites for hydroxylation is 1. The first-order valence-electron chi connectivity index (χ1n) is 8.01. The average molecular weight is 366 g/mol. The van der Waals surface area contributed by atoms with E-state index >= 15 is 0 Å². The Bertz CT molecular complexity index is 908. The van der Waals surface area contributed by atoms with Crippen LogP contribution in [-0.4, -0.2) is 39.7 Å². The summed E-state index contributed by atoms with van der Waals surface area (Å²) in [4.78, 5) is 26.2. The summed E-state index contributed by atoms with van der Waals surface area (Å²) in [5, 5.41) is 3.96. The second-order valence-corrected chi connectivity index (χ2v) is 6.23. The lowest BCUT2D eigenvalue weighted by atomic mass is 10.1. The molecule has 26 heavy (non-hydrogen) atoms. The quantitative estimate of drug-likeness (QED) is 0.878. The summed E-state index contributed by atoms with van der Waals surface area (Å²) in [6, 6.07) is 5.80. The van der Waals surface area contributed by atoms with Gasteiger partial charge in [0, 0.05) is 30.9 Å². The number of benzene rings is 1. The van der Waals surface area contributed by atoms with Gasteiger partial charge in [0.05, 0.1) is 11.3 Å². The molecule has 1 amide bonds. The number of hydrogen-bond acceptors (Lipinski definition) is 4. The third-order valence-electron chi connectivity index (χ3n) is 4.26. The third kappa shape index (κ3) is 3.34. The Balaban J connectivity index is 2.11. The number of carbonyl (C=O) groups excluding carboxylic acids is 1. The molecule has 0 unspecified atom stereocenters. The first-order chi connectivity index (χ1) is 12.2. The molecule has 0 saturated carbocycles. The van der Waals surface area contributed by atoms with Gasteiger partial charge in [-0.3, -0.25) is 9.59 Å². The first-order valence-corrected chi connectivity index (χ1v) is 8.01. The Morgan fingerprint density at radius 3 is 2.62 bits per heavy atom. The van der Waals surface area contributed by atoms with E-state index in [1.807, 2.05) is 0 Å². The number of hydrogen-bond donors (Lipinski definition) is 1. The van der Waals surface area contributed by atoms with Crippen LogP contribution in [0.5, 0.6) is 0 Å². The van der Waals surface area contributed by atoms with Gasteiger partial charge in [-0.05, 0) is 25.5 Å². The third-order valence-corrected chi connectivity index (χ3v) is 4.26. The van der Waals surface area contributed by atoms with Crippen molar-refractivity contribution in [2.75, 3.05) is 13.1 Å². The molecule has 1 fully saturated rings. The Labute approximate surface area is 147 Å². The van der Waals surface area contributed by atoms with E-state index in [1.54, 1.807) is 0 Å². The summed E-state index contributed by atoms with van der Waals surface area (Å²) in [7, 11) is 0. The summed E-state index contributed by atoms with van der Waals surface area (Å²) >= 11 is 0. The minimum absolute atomic E-state index is 0.183. The van der Waals surface area contributed by atoms with Crippen LogP contribution in [0.3, 0.4) is 0 Å². The van der Waals surface area contributed by atoms with Crippen molar-refractivity contribution >= 4 is 5.91 Å². The predicted octanol–water partition coefficient (Wildman–Crippen LogP) is 1.73. The lowest BCUT2D eigenvalue weighted by Gasteiger charge is -2.18. The fourth-order valence-electron chi connectivity index (χ4n) is 2.96. The molecule has 6 nitrogen and oxygen atoms in total. The number of amides is 1. The van der Waals surface area contributed by atoms with Crippen LogP contribution >= 0.6 is 0 Å². The second kappa shape index (κ2) is 6.56. The van der Waals surface area contributed by atoms with Crippen molar-refractivity contribution in [3.8, 4) is 5.69 Å². The van der Waals surface area contributed by atoms with Gasteiger partial charge in [-0.15, -0.1) is 0 Å². The summed E-state index contributed by atoms with van der Waals surface area (Å²) in [5.74, 6) is -0.624. The fourth-order valence-corrected chi connectivity index (χ4v) is 2.96. The molecular weight excluding hydrogens is 349 g/mol. The normalized spacial score (nSPS) is 17.6. The van der Waals surface area contributed by atoms with Gasteiger partial charge in [0.25, 0.3) is 5.91 Å². The molecule has 0 radical (unpaired) electrons. The highest BCUT2D eigenvalue weighted by molar-refractivity contribution is 5.92. The molecule has 1 aliphatic rings. The number of nitrogens with zero attached hydrogens (tertiary/aromatic N) is 3. The van der Waals surface area contributed by atoms with Gasteiger partial charge < -0.3 is 10.6 Å². The summed E-state index contributed by atoms with van der Waals surface area (Å²) in [6.45, 7) is 2.13. The van der Waals surface area contributed by atoms with Crippen molar-refractivity contribution in [1.82, 2.24) is 14.7 Å². The van der Waals surface area contributed by atoms with Crippen LogP contribution in [0.2, 0.25) is 0 Å². The molecule has 9 heteroatoms. The van der Waals surface area contributed by atoms with E-state index in [9.17, 15) is 22.8 Å². The van der Waals surface area contributed by atoms with Crippen LogP contribution in [0.1, 0.15) is 28.2 Å². The number of likely N-dealkylation sites (tertiary alicyclic amines) is 1. The molecule has 0 spiro atoms. The number of para-hydroxylation sites is 1. The van der Waals surface area contributed by atoms with E-state index in [4.69, 9.17) is 5.73 Å². The molecule has 138 valence electrons. The molecule has 1 aliphatic heterocycles. The smallest absolute Gasteiger partial charge is 0.336 e. The van der Waals surface area contributed by atoms with Gasteiger partial charge in [0.15, 0.2) is 5.69 Å². The Kier molecular flexibility index (Phi) is 4.57. The molecule has 0 bridgehead atoms. The van der Waals surface area contributed by atoms with E-state index in [2.05, 4.69) is 5.10 Å². The topological polar surface area (TPSA) is 81.2 Å². The van der Waals surface area contributed by atoms with Crippen molar-refractivity contribution in [2.24, 2.45) is 5.73 Å². The lowest BCUT2D eigenvalue weighted by molar-refractivity contribution is -0.137. The van der Waals surface area contributed by atoms with Gasteiger partial charge in [-0.2, -0.15) is 18.3 Å². The summed E-state index contributed by atoms with van der Waals surface area (Å²) < 4.78 is 40.9. The molecule has 1 aromatic carbocycles. The van der Waals surface area contributed by atoms with Crippen molar-refractivity contribution in [1.29, 1.82) is 0 Å². The molecule has 3 rings (SSSR count). The number of nitrogens with two attached hydrogens (primary N) is 1. The van der Waals surface area contributed by atoms with Crippen molar-refractivity contribution in [3.05, 3.63) is 57.5 Å². The van der Waals surface area contributed by atoms with E-state index in [0.717, 1.165) is 16.8 Å². The van der Waals surface area contributed by atoms with Gasteiger partial charge in [-0.1, -0.05) is 12.1 Å². The number of carbonyl (C=O) groups is 1. The largest absolute Gasteiger partial charge is 0.418 e. The Morgan fingerprint density at radius 2 is 2.00 bits per heavy atom. The van der Waals surface area contributed by atoms with Crippen LogP contribution in [0.25, 0.3) is 5.69 Å². The van der Waals surface area contributed by atoms with Gasteiger partial charge >= 0.3 is 6.18 Å². The van der Waals surface area contributed by atoms with Crippen molar-refractivity contribution in [2.45, 2.75) is 25.6 Å². The van der Waals surface area contributed by atoms with E-state index in [0.29, 0.717) is 13.0 Å². The number of aromatic nitrogens is 2. The lowest BCUT2D eigenvalue weighted by Crippen LogP contribution is -2.36. The zero-order valence-electron chi connectivity index (χ0n) is 14.0. The molecule has 2 heterocycles. The van der Waals surface area contributed by atoms with Gasteiger partial charge in [0.2, 0.25) is 5.43 Å². The zero-order chi connectivity index (χ0) is 19.1. The molecule has 1 atom stereocenters. The van der Waals surface area contributed by atoms with E-state index < -0.39 is 28.8 Å². The molecule has 1 aromatic heterocycles. The van der Waals surface area contributed by atoms with Crippen LogP contribution < -0.4 is 11.2 Å². The van der Waals surface area contributed by atoms with Crippen LogP contribution in [-0.2, 0) is 6.18 Å². The van der Waals surface area contributed by atoms with Gasteiger partial charge in [-0.25, -0.2) is 4.68 Å². The highest BCUT2D eigenvalue weighted by atomic mass is 19.4. The highest BCUT2D eigenvalue weighted by Gasteiger charge is 2.34. The predicted molar refractivity (Wildman–Crippen MR) is 88.1 cm³/mol. The first kappa shape index (κ1) is 18.1. The molecule has 2 N–H and O–H groups in total. The molecule has 0 aliphatic carbocycles. The fraction of sp³-hybridized carbons (Fsp3) is 0.353. The van der Waals surface area contributed by atoms with Crippen LogP contribution in [0, 0.1) is 6.92 Å². The number of rotatable bonds is 2. The summed E-state index contributed by atoms with van der Waals surface area (Å²) in [6.07, 6.45) is -4.00. The summed E-state index contributed by atoms with van der Waals surface area (Å²) in [5.41, 5.74) is 3.77. The average Bonchev–Trinajstić information content (AvgIpc) is 3.00. The van der Waals surface area contributed by atoms with Gasteiger partial charge in [0.1, 0.15) is 0 Å². The number of halogens is 3. The van der Waals surface area contributed by atoms with Crippen LogP contribution in [0.4, 0.5) is 13.2 Å². The van der Waals surface area contributed by atoms with Crippen molar-refractivity contribution < 1.29 is 18.0 Å². The minimum Gasteiger partial charge on any atom is -0.336 e. The Hall–Kier alpha value is -2.68. The standard InChI is InChI=1S/C17H17F3N4O2/c1-10-8-14(25)15(16(26)23-7-6-11(21)9-23)22-24(10)13-5-3-2-4-12(13)17(18,19)20/h2-5,8,11H,6-7,9,21H2,1H3/t11-/m1/s1. The highest BCUT2D eigenvalue weighted by Crippen LogP contribution is 2.33. The Morgan fingerprint density at radius 1 is 1.31 bits per heavy atom. The van der Waals surface area contributed by atoms with E-state index in [-0.39, 0.29) is 24.0 Å². The minimum atomic E-state index is -4.60.